The van der Waals surface area contributed by atoms with Crippen molar-refractivity contribution in [2.75, 3.05) is 39.6 Å². The van der Waals surface area contributed by atoms with Gasteiger partial charge in [0, 0.05) is 0 Å². The van der Waals surface area contributed by atoms with E-state index in [1.54, 1.807) is 12.1 Å². The minimum atomic E-state index is -1.44. The van der Waals surface area contributed by atoms with Crippen LogP contribution in [0.1, 0.15) is 16.7 Å². The molecule has 0 atom stereocenters. The van der Waals surface area contributed by atoms with Crippen molar-refractivity contribution in [2.24, 2.45) is 0 Å². The molecule has 2 aromatic rings. The van der Waals surface area contributed by atoms with Crippen LogP contribution in [0.2, 0.25) is 0 Å². The highest BCUT2D eigenvalue weighted by molar-refractivity contribution is 6.58. The van der Waals surface area contributed by atoms with Crippen molar-refractivity contribution >= 4 is 12.6 Å². The lowest BCUT2D eigenvalue weighted by atomic mass is 9.80. The third-order valence-corrected chi connectivity index (χ3v) is 4.05. The standard InChI is InChI=1S/C21H29BO6/c1-18-2-4-19(5-3-18)16-27-14-12-25-10-11-26-13-15-28-17-20-6-8-21(9-7-20)22(23)24/h2-9,23-24H,10-17H2,1H3. The van der Waals surface area contributed by atoms with E-state index < -0.39 is 7.12 Å². The van der Waals surface area contributed by atoms with Crippen LogP contribution in [0.5, 0.6) is 0 Å². The van der Waals surface area contributed by atoms with Gasteiger partial charge in [0.25, 0.3) is 0 Å². The largest absolute Gasteiger partial charge is 0.488 e. The SMILES string of the molecule is Cc1ccc(COCCOCCOCCOCc2ccc(B(O)O)cc2)cc1. The van der Waals surface area contributed by atoms with Gasteiger partial charge in [0.2, 0.25) is 0 Å². The van der Waals surface area contributed by atoms with Crippen molar-refractivity contribution in [1.29, 1.82) is 0 Å². The van der Waals surface area contributed by atoms with Crippen molar-refractivity contribution < 1.29 is 29.0 Å². The summed E-state index contributed by atoms with van der Waals surface area (Å²) >= 11 is 0. The molecule has 0 radical (unpaired) electrons. The molecule has 0 fully saturated rings. The zero-order valence-corrected chi connectivity index (χ0v) is 16.4. The maximum atomic E-state index is 9.04. The summed E-state index contributed by atoms with van der Waals surface area (Å²) < 4.78 is 22.0. The lowest BCUT2D eigenvalue weighted by Crippen LogP contribution is -2.29. The fraction of sp³-hybridized carbons (Fsp3) is 0.429. The molecule has 0 amide bonds. The van der Waals surface area contributed by atoms with Gasteiger partial charge in [-0.3, -0.25) is 0 Å². The van der Waals surface area contributed by atoms with E-state index in [9.17, 15) is 0 Å². The normalized spacial score (nSPS) is 11.0. The van der Waals surface area contributed by atoms with Crippen LogP contribution in [0.15, 0.2) is 48.5 Å². The zero-order chi connectivity index (χ0) is 20.0. The lowest BCUT2D eigenvalue weighted by Gasteiger charge is -2.08. The van der Waals surface area contributed by atoms with Crippen LogP contribution in [0, 0.1) is 6.92 Å². The third kappa shape index (κ3) is 9.46. The highest BCUT2D eigenvalue weighted by Crippen LogP contribution is 2.04. The van der Waals surface area contributed by atoms with Crippen molar-refractivity contribution in [1.82, 2.24) is 0 Å². The smallest absolute Gasteiger partial charge is 0.423 e. The van der Waals surface area contributed by atoms with Gasteiger partial charge in [0.15, 0.2) is 0 Å². The summed E-state index contributed by atoms with van der Waals surface area (Å²) in [7, 11) is -1.44. The lowest BCUT2D eigenvalue weighted by molar-refractivity contribution is -0.00618. The summed E-state index contributed by atoms with van der Waals surface area (Å²) in [5.41, 5.74) is 3.84. The average molecular weight is 388 g/mol. The molecule has 0 heterocycles. The molecule has 2 N–H and O–H groups in total. The molecule has 152 valence electrons. The van der Waals surface area contributed by atoms with Crippen LogP contribution < -0.4 is 5.46 Å². The summed E-state index contributed by atoms with van der Waals surface area (Å²) in [6.45, 7) is 6.26. The van der Waals surface area contributed by atoms with Crippen molar-refractivity contribution in [3.8, 4) is 0 Å². The molecule has 2 aromatic carbocycles. The molecule has 0 saturated heterocycles. The monoisotopic (exact) mass is 388 g/mol. The van der Waals surface area contributed by atoms with Gasteiger partial charge in [-0.2, -0.15) is 0 Å². The first kappa shape index (κ1) is 22.6. The Morgan fingerprint density at radius 3 is 1.43 bits per heavy atom. The van der Waals surface area contributed by atoms with Crippen LogP contribution >= 0.6 is 0 Å². The number of aryl methyl sites for hydroxylation is 1. The molecule has 7 heteroatoms. The van der Waals surface area contributed by atoms with Gasteiger partial charge in [-0.25, -0.2) is 0 Å². The molecule has 6 nitrogen and oxygen atoms in total. The Hall–Kier alpha value is -1.74. The topological polar surface area (TPSA) is 77.4 Å². The van der Waals surface area contributed by atoms with Crippen molar-refractivity contribution in [3.63, 3.8) is 0 Å². The maximum Gasteiger partial charge on any atom is 0.488 e. The Morgan fingerprint density at radius 2 is 1.00 bits per heavy atom. The first-order chi connectivity index (χ1) is 13.6. The molecule has 0 spiro atoms. The van der Waals surface area contributed by atoms with Crippen molar-refractivity contribution in [2.45, 2.75) is 20.1 Å². The summed E-state index contributed by atoms with van der Waals surface area (Å²) in [6, 6.07) is 15.3. The predicted octanol–water partition coefficient (Wildman–Crippen LogP) is 1.44. The molecule has 0 aliphatic carbocycles. The van der Waals surface area contributed by atoms with Gasteiger partial charge in [-0.15, -0.1) is 0 Å². The Labute approximate surface area is 167 Å². The molecule has 2 rings (SSSR count). The molecule has 0 saturated carbocycles. The maximum absolute atomic E-state index is 9.04. The second-order valence-corrected chi connectivity index (χ2v) is 6.43. The fourth-order valence-corrected chi connectivity index (χ4v) is 2.41. The highest BCUT2D eigenvalue weighted by atomic mass is 16.6. The van der Waals surface area contributed by atoms with Gasteiger partial charge < -0.3 is 29.0 Å². The van der Waals surface area contributed by atoms with E-state index in [1.165, 1.54) is 5.56 Å². The van der Waals surface area contributed by atoms with Gasteiger partial charge >= 0.3 is 7.12 Å². The van der Waals surface area contributed by atoms with E-state index in [2.05, 4.69) is 31.2 Å². The summed E-state index contributed by atoms with van der Waals surface area (Å²) in [5, 5.41) is 18.1. The second-order valence-electron chi connectivity index (χ2n) is 6.43. The number of benzene rings is 2. The van der Waals surface area contributed by atoms with E-state index in [0.717, 1.165) is 11.1 Å². The van der Waals surface area contributed by atoms with Gasteiger partial charge in [0.1, 0.15) is 0 Å². The molecular weight excluding hydrogens is 359 g/mol. The van der Waals surface area contributed by atoms with Gasteiger partial charge in [0.05, 0.1) is 52.9 Å². The van der Waals surface area contributed by atoms with Crippen LogP contribution in [-0.2, 0) is 32.2 Å². The summed E-state index contributed by atoms with van der Waals surface area (Å²) in [5.74, 6) is 0. The first-order valence-electron chi connectivity index (χ1n) is 9.46. The van der Waals surface area contributed by atoms with Gasteiger partial charge in [-0.05, 0) is 23.5 Å². The second kappa shape index (κ2) is 13.4. The van der Waals surface area contributed by atoms with Crippen LogP contribution in [0.3, 0.4) is 0 Å². The Bertz CT molecular complexity index is 645. The quantitative estimate of drug-likeness (QED) is 0.377. The number of ether oxygens (including phenoxy) is 4. The Balaban J connectivity index is 1.37. The molecule has 0 aliphatic rings. The molecule has 28 heavy (non-hydrogen) atoms. The van der Waals surface area contributed by atoms with E-state index in [-0.39, 0.29) is 0 Å². The minimum Gasteiger partial charge on any atom is -0.423 e. The van der Waals surface area contributed by atoms with E-state index >= 15 is 0 Å². The number of rotatable bonds is 14. The van der Waals surface area contributed by atoms with E-state index in [4.69, 9.17) is 29.0 Å². The Morgan fingerprint density at radius 1 is 0.607 bits per heavy atom. The van der Waals surface area contributed by atoms with Crippen LogP contribution in [0.4, 0.5) is 0 Å². The molecule has 0 unspecified atom stereocenters. The third-order valence-electron chi connectivity index (χ3n) is 4.05. The summed E-state index contributed by atoms with van der Waals surface area (Å²) in [4.78, 5) is 0. The fourth-order valence-electron chi connectivity index (χ4n) is 2.41. The molecular formula is C21H29BO6. The molecule has 0 bridgehead atoms. The highest BCUT2D eigenvalue weighted by Gasteiger charge is 2.09. The molecule has 0 aromatic heterocycles. The van der Waals surface area contributed by atoms with E-state index in [0.29, 0.717) is 58.3 Å². The average Bonchev–Trinajstić information content (AvgIpc) is 2.70. The van der Waals surface area contributed by atoms with Crippen molar-refractivity contribution in [3.05, 3.63) is 65.2 Å². The number of hydrogen-bond acceptors (Lipinski definition) is 6. The zero-order valence-electron chi connectivity index (χ0n) is 16.4. The van der Waals surface area contributed by atoms with Crippen LogP contribution in [0.25, 0.3) is 0 Å². The number of hydrogen-bond donors (Lipinski definition) is 2. The minimum absolute atomic E-state index is 0.458. The Kier molecular flexibility index (Phi) is 10.8. The van der Waals surface area contributed by atoms with Gasteiger partial charge in [-0.1, -0.05) is 54.1 Å². The predicted molar refractivity (Wildman–Crippen MR) is 108 cm³/mol. The van der Waals surface area contributed by atoms with E-state index in [1.807, 2.05) is 12.1 Å². The molecule has 0 aliphatic heterocycles. The summed E-state index contributed by atoms with van der Waals surface area (Å²) in [6.07, 6.45) is 0. The van der Waals surface area contributed by atoms with Crippen LogP contribution in [-0.4, -0.2) is 56.8 Å². The first-order valence-corrected chi connectivity index (χ1v) is 9.46.